The molecule has 0 N–H and O–H groups in total. The number of unbranched alkanes of at least 4 members (excludes halogenated alkanes) is 36. The highest BCUT2D eigenvalue weighted by Crippen LogP contribution is 2.18. The fourth-order valence-corrected chi connectivity index (χ4v) is 8.84. The minimum atomic E-state index is -0.762. The number of carbonyl (C=O) groups excluding carboxylic acids is 3. The van der Waals surface area contributed by atoms with Crippen molar-refractivity contribution in [2.75, 3.05) is 13.2 Å². The molecule has 0 rings (SSSR count). The summed E-state index contributed by atoms with van der Waals surface area (Å²) in [4.78, 5) is 38.1. The molecule has 380 valence electrons. The third-order valence-electron chi connectivity index (χ3n) is 13.6. The molecule has 0 aliphatic heterocycles. The second kappa shape index (κ2) is 50.8. The van der Waals surface area contributed by atoms with E-state index < -0.39 is 6.10 Å². The summed E-state index contributed by atoms with van der Waals surface area (Å²) in [6.45, 7) is 11.4. The molecule has 0 bridgehead atoms. The van der Waals surface area contributed by atoms with Crippen LogP contribution < -0.4 is 0 Å². The fourth-order valence-electron chi connectivity index (χ4n) is 8.84. The monoisotopic (exact) mass is 905 g/mol. The van der Waals surface area contributed by atoms with Crippen molar-refractivity contribution in [3.8, 4) is 0 Å². The van der Waals surface area contributed by atoms with Crippen molar-refractivity contribution < 1.29 is 28.6 Å². The van der Waals surface area contributed by atoms with Crippen LogP contribution >= 0.6 is 0 Å². The van der Waals surface area contributed by atoms with Gasteiger partial charge in [-0.2, -0.15) is 0 Å². The largest absolute Gasteiger partial charge is 0.462 e. The third kappa shape index (κ3) is 49.8. The number of ether oxygens (including phenoxy) is 3. The Kier molecular flexibility index (Phi) is 49.6. The van der Waals surface area contributed by atoms with Gasteiger partial charge in [0.15, 0.2) is 6.10 Å². The van der Waals surface area contributed by atoms with Crippen LogP contribution in [0.25, 0.3) is 0 Å². The average Bonchev–Trinajstić information content (AvgIpc) is 3.28. The van der Waals surface area contributed by atoms with E-state index in [9.17, 15) is 14.4 Å². The van der Waals surface area contributed by atoms with Crippen molar-refractivity contribution >= 4 is 17.9 Å². The highest BCUT2D eigenvalue weighted by Gasteiger charge is 2.19. The van der Waals surface area contributed by atoms with E-state index in [-0.39, 0.29) is 31.1 Å². The van der Waals surface area contributed by atoms with Crippen LogP contribution in [-0.2, 0) is 28.6 Å². The van der Waals surface area contributed by atoms with Crippen molar-refractivity contribution in [3.63, 3.8) is 0 Å². The molecule has 0 aliphatic rings. The lowest BCUT2D eigenvalue weighted by atomic mass is 9.99. The molecule has 0 aromatic heterocycles. The van der Waals surface area contributed by atoms with Crippen LogP contribution in [0.5, 0.6) is 0 Å². The molecule has 0 saturated carbocycles. The van der Waals surface area contributed by atoms with Crippen LogP contribution in [-0.4, -0.2) is 37.2 Å². The molecule has 0 fully saturated rings. The fraction of sp³-hybridized carbons (Fsp3) is 0.948. The second-order valence-electron chi connectivity index (χ2n) is 20.6. The Hall–Kier alpha value is -1.59. The van der Waals surface area contributed by atoms with Crippen LogP contribution in [0.1, 0.15) is 324 Å². The molecule has 0 aliphatic carbocycles. The van der Waals surface area contributed by atoms with Gasteiger partial charge < -0.3 is 14.2 Å². The summed E-state index contributed by atoms with van der Waals surface area (Å²) < 4.78 is 16.9. The first kappa shape index (κ1) is 62.4. The van der Waals surface area contributed by atoms with Crippen molar-refractivity contribution in [2.24, 2.45) is 11.8 Å². The van der Waals surface area contributed by atoms with Crippen LogP contribution in [0.2, 0.25) is 0 Å². The Morgan fingerprint density at radius 2 is 0.594 bits per heavy atom. The maximum Gasteiger partial charge on any atom is 0.306 e. The molecule has 1 unspecified atom stereocenters. The van der Waals surface area contributed by atoms with Crippen LogP contribution in [0, 0.1) is 11.8 Å². The molecule has 0 heterocycles. The van der Waals surface area contributed by atoms with Crippen LogP contribution in [0.4, 0.5) is 0 Å². The Balaban J connectivity index is 4.29. The number of rotatable bonds is 52. The van der Waals surface area contributed by atoms with Crippen LogP contribution in [0.3, 0.4) is 0 Å². The molecule has 0 saturated heterocycles. The summed E-state index contributed by atoms with van der Waals surface area (Å²) >= 11 is 0. The van der Waals surface area contributed by atoms with E-state index in [2.05, 4.69) is 34.6 Å². The lowest BCUT2D eigenvalue weighted by molar-refractivity contribution is -0.167. The predicted octanol–water partition coefficient (Wildman–Crippen LogP) is 18.9. The summed E-state index contributed by atoms with van der Waals surface area (Å²) in [6.07, 6.45) is 53.7. The topological polar surface area (TPSA) is 78.9 Å². The quantitative estimate of drug-likeness (QED) is 0.0344. The Labute approximate surface area is 399 Å². The normalized spacial score (nSPS) is 12.5. The molecular weight excluding hydrogens is 793 g/mol. The Morgan fingerprint density at radius 1 is 0.328 bits per heavy atom. The number of hydrogen-bond acceptors (Lipinski definition) is 6. The van der Waals surface area contributed by atoms with E-state index in [1.165, 1.54) is 212 Å². The van der Waals surface area contributed by atoms with Gasteiger partial charge in [0.05, 0.1) is 0 Å². The van der Waals surface area contributed by atoms with Gasteiger partial charge in [-0.25, -0.2) is 0 Å². The summed E-state index contributed by atoms with van der Waals surface area (Å²) in [5.41, 5.74) is 0. The summed E-state index contributed by atoms with van der Waals surface area (Å²) in [5, 5.41) is 0. The predicted molar refractivity (Wildman–Crippen MR) is 275 cm³/mol. The number of hydrogen-bond donors (Lipinski definition) is 0. The molecule has 0 aromatic rings. The zero-order chi connectivity index (χ0) is 46.8. The van der Waals surface area contributed by atoms with Gasteiger partial charge in [0, 0.05) is 19.3 Å². The standard InChI is InChI=1S/C58H112O6/c1-6-8-9-10-11-12-13-16-23-28-33-38-43-48-56(59)62-51-55(64-58(61)50-45-40-35-30-25-20-19-21-26-31-36-41-46-53(3)4)52-63-57(60)49-44-39-34-29-24-18-15-14-17-22-27-32-37-42-47-54(5)7-2/h53-55H,6-52H2,1-5H3/t54?,55-/m0/s1. The highest BCUT2D eigenvalue weighted by molar-refractivity contribution is 5.71. The first-order chi connectivity index (χ1) is 31.3. The summed E-state index contributed by atoms with van der Waals surface area (Å²) in [6, 6.07) is 0. The molecule has 64 heavy (non-hydrogen) atoms. The molecule has 6 heteroatoms. The maximum atomic E-state index is 12.8. The van der Waals surface area contributed by atoms with E-state index in [0.29, 0.717) is 19.3 Å². The zero-order valence-electron chi connectivity index (χ0n) is 43.9. The third-order valence-corrected chi connectivity index (χ3v) is 13.6. The Bertz CT molecular complexity index is 980. The molecule has 0 aromatic carbocycles. The molecule has 6 nitrogen and oxygen atoms in total. The van der Waals surface area contributed by atoms with E-state index in [1.54, 1.807) is 0 Å². The maximum absolute atomic E-state index is 12.8. The smallest absolute Gasteiger partial charge is 0.306 e. The van der Waals surface area contributed by atoms with E-state index in [4.69, 9.17) is 14.2 Å². The highest BCUT2D eigenvalue weighted by atomic mass is 16.6. The van der Waals surface area contributed by atoms with Crippen molar-refractivity contribution in [3.05, 3.63) is 0 Å². The minimum Gasteiger partial charge on any atom is -0.462 e. The van der Waals surface area contributed by atoms with E-state index in [1.807, 2.05) is 0 Å². The molecule has 0 spiro atoms. The van der Waals surface area contributed by atoms with Gasteiger partial charge in [0.2, 0.25) is 0 Å². The van der Waals surface area contributed by atoms with Crippen LogP contribution in [0.15, 0.2) is 0 Å². The van der Waals surface area contributed by atoms with Gasteiger partial charge in [-0.15, -0.1) is 0 Å². The molecule has 0 amide bonds. The number of esters is 3. The Morgan fingerprint density at radius 3 is 0.891 bits per heavy atom. The van der Waals surface area contributed by atoms with Gasteiger partial charge in [0.25, 0.3) is 0 Å². The lowest BCUT2D eigenvalue weighted by Crippen LogP contribution is -2.30. The summed E-state index contributed by atoms with van der Waals surface area (Å²) in [7, 11) is 0. The first-order valence-electron chi connectivity index (χ1n) is 28.8. The first-order valence-corrected chi connectivity index (χ1v) is 28.8. The van der Waals surface area contributed by atoms with Gasteiger partial charge in [0.1, 0.15) is 13.2 Å². The van der Waals surface area contributed by atoms with Gasteiger partial charge in [-0.1, -0.05) is 285 Å². The zero-order valence-corrected chi connectivity index (χ0v) is 43.9. The summed E-state index contributed by atoms with van der Waals surface area (Å²) in [5.74, 6) is 0.888. The van der Waals surface area contributed by atoms with E-state index in [0.717, 1.165) is 69.6 Å². The molecular formula is C58H112O6. The van der Waals surface area contributed by atoms with Crippen molar-refractivity contribution in [2.45, 2.75) is 330 Å². The lowest BCUT2D eigenvalue weighted by Gasteiger charge is -2.18. The second-order valence-corrected chi connectivity index (χ2v) is 20.6. The van der Waals surface area contributed by atoms with Gasteiger partial charge in [-0.05, 0) is 31.1 Å². The minimum absolute atomic E-state index is 0.0627. The van der Waals surface area contributed by atoms with Crippen molar-refractivity contribution in [1.82, 2.24) is 0 Å². The van der Waals surface area contributed by atoms with E-state index >= 15 is 0 Å². The molecule has 0 radical (unpaired) electrons. The molecule has 2 atom stereocenters. The number of carbonyl (C=O) groups is 3. The average molecular weight is 906 g/mol. The van der Waals surface area contributed by atoms with Crippen molar-refractivity contribution in [1.29, 1.82) is 0 Å². The SMILES string of the molecule is CCCCCCCCCCCCCCCC(=O)OC[C@@H](COC(=O)CCCCCCCCCCCCCCCCC(C)CC)OC(=O)CCCCCCCCCCCCCCC(C)C. The van der Waals surface area contributed by atoms with Gasteiger partial charge >= 0.3 is 17.9 Å². The van der Waals surface area contributed by atoms with Gasteiger partial charge in [-0.3, -0.25) is 14.4 Å².